The lowest BCUT2D eigenvalue weighted by Gasteiger charge is -2.30. The first-order chi connectivity index (χ1) is 7.12. The third-order valence-corrected chi connectivity index (χ3v) is 4.80. The summed E-state index contributed by atoms with van der Waals surface area (Å²) in [5.74, 6) is 1.82. The van der Waals surface area contributed by atoms with Crippen LogP contribution in [0, 0.1) is 17.3 Å². The first kappa shape index (κ1) is 11.4. The average molecular weight is 209 g/mol. The van der Waals surface area contributed by atoms with Gasteiger partial charge in [0, 0.05) is 12.6 Å². The molecule has 0 radical (unpaired) electrons. The fourth-order valence-corrected chi connectivity index (χ4v) is 3.09. The summed E-state index contributed by atoms with van der Waals surface area (Å²) in [6.45, 7) is 8.46. The third kappa shape index (κ3) is 2.75. The Labute approximate surface area is 95.0 Å². The van der Waals surface area contributed by atoms with Gasteiger partial charge in [0.15, 0.2) is 0 Å². The molecule has 0 saturated heterocycles. The standard InChI is InChI=1S/C14H27N/c1-11(2)14(7-8-14)10-15-13-6-4-5-12(3)9-13/h11-13,15H,4-10H2,1-3H3. The average Bonchev–Trinajstić information content (AvgIpc) is 2.96. The van der Waals surface area contributed by atoms with Crippen molar-refractivity contribution in [2.75, 3.05) is 6.54 Å². The largest absolute Gasteiger partial charge is 0.313 e. The van der Waals surface area contributed by atoms with Gasteiger partial charge in [-0.05, 0) is 42.9 Å². The zero-order chi connectivity index (χ0) is 10.9. The van der Waals surface area contributed by atoms with Crippen LogP contribution in [0.25, 0.3) is 0 Å². The van der Waals surface area contributed by atoms with Crippen LogP contribution in [0.15, 0.2) is 0 Å². The van der Waals surface area contributed by atoms with Gasteiger partial charge in [0.05, 0.1) is 0 Å². The SMILES string of the molecule is CC1CCCC(NCC2(C(C)C)CC2)C1. The number of nitrogens with one attached hydrogen (secondary N) is 1. The van der Waals surface area contributed by atoms with Gasteiger partial charge in [0.25, 0.3) is 0 Å². The molecule has 1 nitrogen and oxygen atoms in total. The summed E-state index contributed by atoms with van der Waals surface area (Å²) in [6.07, 6.45) is 8.63. The minimum absolute atomic E-state index is 0.681. The smallest absolute Gasteiger partial charge is 0.00698 e. The summed E-state index contributed by atoms with van der Waals surface area (Å²) < 4.78 is 0. The van der Waals surface area contributed by atoms with Gasteiger partial charge in [-0.25, -0.2) is 0 Å². The molecule has 2 atom stereocenters. The number of hydrogen-bond donors (Lipinski definition) is 1. The van der Waals surface area contributed by atoms with Crippen LogP contribution < -0.4 is 5.32 Å². The van der Waals surface area contributed by atoms with Crippen molar-refractivity contribution in [1.82, 2.24) is 5.32 Å². The minimum Gasteiger partial charge on any atom is -0.313 e. The fourth-order valence-electron chi connectivity index (χ4n) is 3.09. The maximum absolute atomic E-state index is 3.84. The molecule has 2 rings (SSSR count). The van der Waals surface area contributed by atoms with Crippen LogP contribution in [0.2, 0.25) is 0 Å². The second kappa shape index (κ2) is 4.45. The summed E-state index contributed by atoms with van der Waals surface area (Å²) in [5.41, 5.74) is 0.681. The normalized spacial score (nSPS) is 34.4. The van der Waals surface area contributed by atoms with Crippen molar-refractivity contribution in [1.29, 1.82) is 0 Å². The molecule has 1 N–H and O–H groups in total. The van der Waals surface area contributed by atoms with Crippen LogP contribution in [0.4, 0.5) is 0 Å². The zero-order valence-electron chi connectivity index (χ0n) is 10.7. The molecule has 0 aliphatic heterocycles. The van der Waals surface area contributed by atoms with E-state index in [1.165, 1.54) is 45.1 Å². The van der Waals surface area contributed by atoms with Crippen LogP contribution in [-0.4, -0.2) is 12.6 Å². The molecule has 15 heavy (non-hydrogen) atoms. The van der Waals surface area contributed by atoms with E-state index in [9.17, 15) is 0 Å². The highest BCUT2D eigenvalue weighted by Crippen LogP contribution is 2.51. The molecule has 0 amide bonds. The highest BCUT2D eigenvalue weighted by Gasteiger charge is 2.45. The Bertz CT molecular complexity index is 205. The Balaban J connectivity index is 1.73. The van der Waals surface area contributed by atoms with Gasteiger partial charge < -0.3 is 5.32 Å². The molecule has 2 aliphatic rings. The van der Waals surface area contributed by atoms with E-state index in [4.69, 9.17) is 0 Å². The molecule has 1 heteroatoms. The Morgan fingerprint density at radius 3 is 2.53 bits per heavy atom. The summed E-state index contributed by atoms with van der Waals surface area (Å²) >= 11 is 0. The van der Waals surface area contributed by atoms with Gasteiger partial charge in [-0.15, -0.1) is 0 Å². The quantitative estimate of drug-likeness (QED) is 0.746. The Hall–Kier alpha value is -0.0400. The second-order valence-corrected chi connectivity index (χ2v) is 6.37. The monoisotopic (exact) mass is 209 g/mol. The van der Waals surface area contributed by atoms with Crippen molar-refractivity contribution < 1.29 is 0 Å². The predicted octanol–water partition coefficient (Wildman–Crippen LogP) is 3.59. The summed E-state index contributed by atoms with van der Waals surface area (Å²) in [4.78, 5) is 0. The van der Waals surface area contributed by atoms with E-state index in [0.29, 0.717) is 5.41 Å². The summed E-state index contributed by atoms with van der Waals surface area (Å²) in [5, 5.41) is 3.84. The van der Waals surface area contributed by atoms with Gasteiger partial charge >= 0.3 is 0 Å². The van der Waals surface area contributed by atoms with Crippen LogP contribution in [0.5, 0.6) is 0 Å². The molecule has 2 saturated carbocycles. The molecule has 88 valence electrons. The molecular formula is C14H27N. The Morgan fingerprint density at radius 2 is 2.00 bits per heavy atom. The Kier molecular flexibility index (Phi) is 3.39. The van der Waals surface area contributed by atoms with E-state index in [2.05, 4.69) is 26.1 Å². The first-order valence-electron chi connectivity index (χ1n) is 6.86. The van der Waals surface area contributed by atoms with E-state index < -0.39 is 0 Å². The topological polar surface area (TPSA) is 12.0 Å². The number of hydrogen-bond acceptors (Lipinski definition) is 1. The van der Waals surface area contributed by atoms with Crippen LogP contribution >= 0.6 is 0 Å². The zero-order valence-corrected chi connectivity index (χ0v) is 10.7. The lowest BCUT2D eigenvalue weighted by Crippen LogP contribution is -2.38. The minimum atomic E-state index is 0.681. The Morgan fingerprint density at radius 1 is 1.27 bits per heavy atom. The van der Waals surface area contributed by atoms with E-state index in [1.54, 1.807) is 0 Å². The lowest BCUT2D eigenvalue weighted by molar-refractivity contribution is 0.261. The molecule has 2 aliphatic carbocycles. The van der Waals surface area contributed by atoms with Gasteiger partial charge in [-0.3, -0.25) is 0 Å². The maximum Gasteiger partial charge on any atom is 0.00698 e. The van der Waals surface area contributed by atoms with Crippen LogP contribution in [-0.2, 0) is 0 Å². The molecule has 2 fully saturated rings. The molecular weight excluding hydrogens is 182 g/mol. The van der Waals surface area contributed by atoms with E-state index in [0.717, 1.165) is 17.9 Å². The molecule has 0 bridgehead atoms. The molecule has 2 unspecified atom stereocenters. The summed E-state index contributed by atoms with van der Waals surface area (Å²) in [7, 11) is 0. The molecule has 0 aromatic heterocycles. The fraction of sp³-hybridized carbons (Fsp3) is 1.00. The van der Waals surface area contributed by atoms with Crippen molar-refractivity contribution in [3.8, 4) is 0 Å². The predicted molar refractivity (Wildman–Crippen MR) is 65.9 cm³/mol. The van der Waals surface area contributed by atoms with Gasteiger partial charge in [-0.2, -0.15) is 0 Å². The van der Waals surface area contributed by atoms with Crippen molar-refractivity contribution >= 4 is 0 Å². The number of rotatable bonds is 4. The van der Waals surface area contributed by atoms with Crippen molar-refractivity contribution in [3.05, 3.63) is 0 Å². The van der Waals surface area contributed by atoms with E-state index >= 15 is 0 Å². The van der Waals surface area contributed by atoms with E-state index in [-0.39, 0.29) is 0 Å². The molecule has 0 spiro atoms. The van der Waals surface area contributed by atoms with Crippen molar-refractivity contribution in [2.24, 2.45) is 17.3 Å². The lowest BCUT2D eigenvalue weighted by atomic mass is 9.86. The van der Waals surface area contributed by atoms with E-state index in [1.807, 2.05) is 0 Å². The third-order valence-electron chi connectivity index (χ3n) is 4.80. The highest BCUT2D eigenvalue weighted by molar-refractivity contribution is 4.97. The second-order valence-electron chi connectivity index (χ2n) is 6.37. The first-order valence-corrected chi connectivity index (χ1v) is 6.86. The van der Waals surface area contributed by atoms with Crippen molar-refractivity contribution in [2.45, 2.75) is 65.3 Å². The summed E-state index contributed by atoms with van der Waals surface area (Å²) in [6, 6.07) is 0.824. The van der Waals surface area contributed by atoms with Crippen molar-refractivity contribution in [3.63, 3.8) is 0 Å². The molecule has 0 heterocycles. The van der Waals surface area contributed by atoms with Gasteiger partial charge in [0.1, 0.15) is 0 Å². The van der Waals surface area contributed by atoms with Crippen LogP contribution in [0.1, 0.15) is 59.3 Å². The molecule has 0 aromatic rings. The van der Waals surface area contributed by atoms with Gasteiger partial charge in [0.2, 0.25) is 0 Å². The maximum atomic E-state index is 3.84. The van der Waals surface area contributed by atoms with Crippen LogP contribution in [0.3, 0.4) is 0 Å². The highest BCUT2D eigenvalue weighted by atomic mass is 14.9. The molecule has 0 aromatic carbocycles. The van der Waals surface area contributed by atoms with Gasteiger partial charge in [-0.1, -0.05) is 33.6 Å².